The predicted octanol–water partition coefficient (Wildman–Crippen LogP) is 2.93. The molecule has 1 fully saturated rings. The molecule has 1 N–H and O–H groups in total. The molecule has 29 heavy (non-hydrogen) atoms. The van der Waals surface area contributed by atoms with Gasteiger partial charge in [-0.15, -0.1) is 11.3 Å². The van der Waals surface area contributed by atoms with Crippen molar-refractivity contribution in [3.8, 4) is 0 Å². The summed E-state index contributed by atoms with van der Waals surface area (Å²) in [7, 11) is 0. The highest BCUT2D eigenvalue weighted by Gasteiger charge is 2.22. The van der Waals surface area contributed by atoms with E-state index < -0.39 is 24.5 Å². The van der Waals surface area contributed by atoms with Crippen LogP contribution in [0.5, 0.6) is 0 Å². The van der Waals surface area contributed by atoms with Gasteiger partial charge in [-0.05, 0) is 31.7 Å². The number of thiophene rings is 1. The number of ether oxygens (including phenoxy) is 2. The van der Waals surface area contributed by atoms with E-state index in [4.69, 9.17) is 9.47 Å². The van der Waals surface area contributed by atoms with E-state index in [0.717, 1.165) is 24.1 Å². The third-order valence-corrected chi connectivity index (χ3v) is 5.78. The van der Waals surface area contributed by atoms with Crippen molar-refractivity contribution in [1.82, 2.24) is 4.90 Å². The average Bonchev–Trinajstić information content (AvgIpc) is 2.99. The normalized spacial score (nSPS) is 14.5. The van der Waals surface area contributed by atoms with E-state index in [9.17, 15) is 19.2 Å². The minimum atomic E-state index is -0.630. The van der Waals surface area contributed by atoms with Crippen molar-refractivity contribution in [1.29, 1.82) is 0 Å². The van der Waals surface area contributed by atoms with Gasteiger partial charge < -0.3 is 19.7 Å². The number of rotatable bonds is 8. The van der Waals surface area contributed by atoms with E-state index in [1.165, 1.54) is 16.2 Å². The minimum Gasteiger partial charge on any atom is -0.462 e. The lowest BCUT2D eigenvalue weighted by atomic mass is 10.1. The van der Waals surface area contributed by atoms with Gasteiger partial charge in [0.2, 0.25) is 5.91 Å². The van der Waals surface area contributed by atoms with Crippen LogP contribution in [-0.2, 0) is 23.9 Å². The first-order valence-corrected chi connectivity index (χ1v) is 10.7. The zero-order valence-electron chi connectivity index (χ0n) is 17.1. The fraction of sp³-hybridized carbons (Fsp3) is 0.600. The number of carbonyl (C=O) groups is 4. The van der Waals surface area contributed by atoms with Gasteiger partial charge >= 0.3 is 11.9 Å². The van der Waals surface area contributed by atoms with Crippen molar-refractivity contribution in [3.05, 3.63) is 16.5 Å². The summed E-state index contributed by atoms with van der Waals surface area (Å²) in [5.74, 6) is -1.58. The summed E-state index contributed by atoms with van der Waals surface area (Å²) in [5, 5.41) is 3.00. The Morgan fingerprint density at radius 1 is 1.21 bits per heavy atom. The van der Waals surface area contributed by atoms with Crippen molar-refractivity contribution in [2.24, 2.45) is 0 Å². The van der Waals surface area contributed by atoms with Crippen molar-refractivity contribution < 1.29 is 28.7 Å². The quantitative estimate of drug-likeness (QED) is 0.644. The Kier molecular flexibility index (Phi) is 8.63. The van der Waals surface area contributed by atoms with Crippen LogP contribution >= 0.6 is 11.3 Å². The molecule has 1 aliphatic rings. The van der Waals surface area contributed by atoms with Crippen LogP contribution in [-0.4, -0.2) is 55.0 Å². The lowest BCUT2D eigenvalue weighted by molar-refractivity contribution is -0.151. The summed E-state index contributed by atoms with van der Waals surface area (Å²) in [5.41, 5.74) is 0.287. The second kappa shape index (κ2) is 10.9. The number of amides is 2. The standard InChI is InChI=1S/C20H28N2O6S/c1-4-27-20(26)14-10-15(13(2)3)29-19(14)21-16(23)12-28-18(25)11-22-9-7-5-6-8-17(22)24/h10,13H,4-9,11-12H2,1-3H3,(H,21,23). The minimum absolute atomic E-state index is 0.0669. The lowest BCUT2D eigenvalue weighted by Crippen LogP contribution is -2.36. The summed E-state index contributed by atoms with van der Waals surface area (Å²) in [6.45, 7) is 5.79. The molecule has 0 atom stereocenters. The molecule has 160 valence electrons. The van der Waals surface area contributed by atoms with E-state index >= 15 is 0 Å². The van der Waals surface area contributed by atoms with Crippen molar-refractivity contribution in [3.63, 3.8) is 0 Å². The third-order valence-electron chi connectivity index (χ3n) is 4.42. The first kappa shape index (κ1) is 22.9. The summed E-state index contributed by atoms with van der Waals surface area (Å²) >= 11 is 1.29. The average molecular weight is 425 g/mol. The smallest absolute Gasteiger partial charge is 0.341 e. The van der Waals surface area contributed by atoms with Crippen LogP contribution in [0.2, 0.25) is 0 Å². The van der Waals surface area contributed by atoms with Crippen molar-refractivity contribution in [2.45, 2.75) is 52.4 Å². The maximum absolute atomic E-state index is 12.2. The second-order valence-corrected chi connectivity index (χ2v) is 8.19. The highest BCUT2D eigenvalue weighted by molar-refractivity contribution is 7.16. The van der Waals surface area contributed by atoms with Gasteiger partial charge in [0.05, 0.1) is 12.2 Å². The number of hydrogen-bond donors (Lipinski definition) is 1. The number of hydrogen-bond acceptors (Lipinski definition) is 7. The molecule has 0 unspecified atom stereocenters. The monoisotopic (exact) mass is 424 g/mol. The molecule has 0 spiro atoms. The number of esters is 2. The molecule has 9 heteroatoms. The Balaban J connectivity index is 1.92. The molecule has 0 aromatic carbocycles. The van der Waals surface area contributed by atoms with Crippen LogP contribution in [0.3, 0.4) is 0 Å². The van der Waals surface area contributed by atoms with Gasteiger partial charge in [0.25, 0.3) is 5.91 Å². The fourth-order valence-corrected chi connectivity index (χ4v) is 3.93. The van der Waals surface area contributed by atoms with Crippen molar-refractivity contribution in [2.75, 3.05) is 31.6 Å². The molecule has 1 aliphatic heterocycles. The first-order valence-electron chi connectivity index (χ1n) is 9.85. The third kappa shape index (κ3) is 6.85. The SMILES string of the molecule is CCOC(=O)c1cc(C(C)C)sc1NC(=O)COC(=O)CN1CCCCCC1=O. The Hall–Kier alpha value is -2.42. The summed E-state index contributed by atoms with van der Waals surface area (Å²) in [4.78, 5) is 50.7. The van der Waals surface area contributed by atoms with Crippen molar-refractivity contribution >= 4 is 40.1 Å². The molecule has 1 aromatic rings. The van der Waals surface area contributed by atoms with E-state index in [-0.39, 0.29) is 30.5 Å². The maximum Gasteiger partial charge on any atom is 0.341 e. The topological polar surface area (TPSA) is 102 Å². The second-order valence-electron chi connectivity index (χ2n) is 7.10. The first-order chi connectivity index (χ1) is 13.8. The van der Waals surface area contributed by atoms with Crippen LogP contribution < -0.4 is 5.32 Å². The predicted molar refractivity (Wildman–Crippen MR) is 109 cm³/mol. The number of nitrogens with one attached hydrogen (secondary N) is 1. The summed E-state index contributed by atoms with van der Waals surface area (Å²) < 4.78 is 10.1. The molecule has 2 heterocycles. The molecule has 2 rings (SSSR count). The Bertz CT molecular complexity index is 758. The van der Waals surface area contributed by atoms with Crippen LogP contribution in [0.25, 0.3) is 0 Å². The van der Waals surface area contributed by atoms with Gasteiger partial charge in [0.15, 0.2) is 6.61 Å². The number of likely N-dealkylation sites (tertiary alicyclic amines) is 1. The lowest BCUT2D eigenvalue weighted by Gasteiger charge is -2.19. The van der Waals surface area contributed by atoms with E-state index in [2.05, 4.69) is 5.32 Å². The van der Waals surface area contributed by atoms with Crippen LogP contribution in [0.1, 0.15) is 67.6 Å². The Morgan fingerprint density at radius 3 is 2.66 bits per heavy atom. The molecule has 0 aliphatic carbocycles. The van der Waals surface area contributed by atoms with Gasteiger partial charge in [-0.25, -0.2) is 4.79 Å². The van der Waals surface area contributed by atoms with Crippen LogP contribution in [0.15, 0.2) is 6.07 Å². The zero-order valence-corrected chi connectivity index (χ0v) is 17.9. The van der Waals surface area contributed by atoms with E-state index in [1.54, 1.807) is 13.0 Å². The molecule has 1 saturated heterocycles. The highest BCUT2D eigenvalue weighted by atomic mass is 32.1. The Morgan fingerprint density at radius 2 is 1.97 bits per heavy atom. The van der Waals surface area contributed by atoms with Crippen LogP contribution in [0, 0.1) is 0 Å². The molecule has 2 amide bonds. The zero-order chi connectivity index (χ0) is 21.4. The fourth-order valence-electron chi connectivity index (χ4n) is 2.86. The molecule has 0 saturated carbocycles. The number of anilines is 1. The van der Waals surface area contributed by atoms with Gasteiger partial charge in [-0.3, -0.25) is 14.4 Å². The van der Waals surface area contributed by atoms with Crippen LogP contribution in [0.4, 0.5) is 5.00 Å². The highest BCUT2D eigenvalue weighted by Crippen LogP contribution is 2.33. The molecule has 0 bridgehead atoms. The maximum atomic E-state index is 12.2. The van der Waals surface area contributed by atoms with Gasteiger partial charge in [-0.2, -0.15) is 0 Å². The number of carbonyl (C=O) groups excluding carboxylic acids is 4. The van der Waals surface area contributed by atoms with Gasteiger partial charge in [0, 0.05) is 17.8 Å². The molecule has 1 aromatic heterocycles. The molecule has 8 nitrogen and oxygen atoms in total. The van der Waals surface area contributed by atoms with E-state index in [0.29, 0.717) is 18.0 Å². The molecule has 0 radical (unpaired) electrons. The number of nitrogens with zero attached hydrogens (tertiary/aromatic N) is 1. The summed E-state index contributed by atoms with van der Waals surface area (Å²) in [6, 6.07) is 1.71. The molecular weight excluding hydrogens is 396 g/mol. The Labute approximate surface area is 174 Å². The molecular formula is C20H28N2O6S. The summed E-state index contributed by atoms with van der Waals surface area (Å²) in [6.07, 6.45) is 3.07. The largest absolute Gasteiger partial charge is 0.462 e. The van der Waals surface area contributed by atoms with Gasteiger partial charge in [-0.1, -0.05) is 20.3 Å². The van der Waals surface area contributed by atoms with Gasteiger partial charge in [0.1, 0.15) is 11.5 Å². The van der Waals surface area contributed by atoms with E-state index in [1.807, 2.05) is 13.8 Å².